The van der Waals surface area contributed by atoms with Crippen LogP contribution in [0.25, 0.3) is 10.9 Å². The number of halogens is 1. The summed E-state index contributed by atoms with van der Waals surface area (Å²) < 4.78 is 6.16. The van der Waals surface area contributed by atoms with Crippen molar-refractivity contribution in [3.63, 3.8) is 0 Å². The van der Waals surface area contributed by atoms with Crippen LogP contribution in [0, 0.1) is 0 Å². The Morgan fingerprint density at radius 2 is 2.16 bits per heavy atom. The number of benzene rings is 1. The van der Waals surface area contributed by atoms with Crippen molar-refractivity contribution >= 4 is 51.5 Å². The zero-order valence-electron chi connectivity index (χ0n) is 17.7. The molecule has 0 spiro atoms. The number of nitrogens with two attached hydrogens (primary N) is 1. The Hall–Kier alpha value is -2.91. The number of piperazine rings is 1. The quantitative estimate of drug-likeness (QED) is 0.564. The van der Waals surface area contributed by atoms with Crippen LogP contribution in [-0.4, -0.2) is 57.3 Å². The monoisotopic (exact) mass is 473 g/mol. The average Bonchev–Trinajstić information content (AvgIpc) is 3.20. The minimum atomic E-state index is -0.491. The lowest BCUT2D eigenvalue weighted by Crippen LogP contribution is -2.59. The molecule has 2 amide bonds. The summed E-state index contributed by atoms with van der Waals surface area (Å²) in [4.78, 5) is 37.8. The van der Waals surface area contributed by atoms with E-state index >= 15 is 0 Å². The molecule has 1 aromatic carbocycles. The van der Waals surface area contributed by atoms with Crippen molar-refractivity contribution in [3.05, 3.63) is 45.9 Å². The van der Waals surface area contributed by atoms with Gasteiger partial charge in [0.15, 0.2) is 6.61 Å². The number of carbonyl (C=O) groups excluding carboxylic acids is 2. The molecule has 1 aliphatic rings. The van der Waals surface area contributed by atoms with Crippen LogP contribution < -0.4 is 10.5 Å². The van der Waals surface area contributed by atoms with Crippen molar-refractivity contribution in [3.8, 4) is 5.75 Å². The minimum Gasteiger partial charge on any atom is -0.483 e. The summed E-state index contributed by atoms with van der Waals surface area (Å²) in [6, 6.07) is 6.92. The van der Waals surface area contributed by atoms with Crippen LogP contribution in [0.3, 0.4) is 0 Å². The van der Waals surface area contributed by atoms with Crippen molar-refractivity contribution in [1.29, 1.82) is 0 Å². The van der Waals surface area contributed by atoms with Gasteiger partial charge < -0.3 is 20.3 Å². The second-order valence-corrected chi connectivity index (χ2v) is 9.18. The van der Waals surface area contributed by atoms with Crippen molar-refractivity contribution < 1.29 is 14.3 Å². The van der Waals surface area contributed by atoms with E-state index in [-0.39, 0.29) is 18.4 Å². The molecular formula is C22H24ClN5O3S. The molecular weight excluding hydrogens is 450 g/mol. The van der Waals surface area contributed by atoms with E-state index in [0.717, 1.165) is 22.9 Å². The fourth-order valence-corrected chi connectivity index (χ4v) is 4.68. The summed E-state index contributed by atoms with van der Waals surface area (Å²) in [7, 11) is 0. The Morgan fingerprint density at radius 3 is 2.91 bits per heavy atom. The highest BCUT2D eigenvalue weighted by Gasteiger charge is 2.36. The SMILES string of the molecule is CCC[C@H]1C(=O)N(Cc2ccc3c(N)ncnc3c2)CCN1C(=O)COc1csc(Cl)c1. The molecule has 2 N–H and O–H groups in total. The largest absolute Gasteiger partial charge is 0.483 e. The normalized spacial score (nSPS) is 16.6. The number of nitrogens with zero attached hydrogens (tertiary/aromatic N) is 4. The third-order valence-corrected chi connectivity index (χ3v) is 6.55. The third kappa shape index (κ3) is 4.78. The van der Waals surface area contributed by atoms with Crippen LogP contribution in [-0.2, 0) is 16.1 Å². The second-order valence-electron chi connectivity index (χ2n) is 7.64. The van der Waals surface area contributed by atoms with Gasteiger partial charge in [0.2, 0.25) is 5.91 Å². The van der Waals surface area contributed by atoms with E-state index in [9.17, 15) is 9.59 Å². The lowest BCUT2D eigenvalue weighted by atomic mass is 10.0. The van der Waals surface area contributed by atoms with Crippen molar-refractivity contribution in [2.75, 3.05) is 25.4 Å². The lowest BCUT2D eigenvalue weighted by molar-refractivity contribution is -0.153. The first-order valence-electron chi connectivity index (χ1n) is 10.4. The van der Waals surface area contributed by atoms with E-state index < -0.39 is 6.04 Å². The summed E-state index contributed by atoms with van der Waals surface area (Å²) in [6.45, 7) is 3.26. The van der Waals surface area contributed by atoms with Gasteiger partial charge in [-0.15, -0.1) is 11.3 Å². The molecule has 0 aliphatic carbocycles. The first kappa shape index (κ1) is 22.3. The maximum absolute atomic E-state index is 13.3. The first-order chi connectivity index (χ1) is 15.5. The van der Waals surface area contributed by atoms with E-state index in [4.69, 9.17) is 22.1 Å². The van der Waals surface area contributed by atoms with E-state index in [1.807, 2.05) is 25.1 Å². The number of fused-ring (bicyclic) bond motifs is 1. The molecule has 4 rings (SSSR count). The molecule has 32 heavy (non-hydrogen) atoms. The highest BCUT2D eigenvalue weighted by atomic mass is 35.5. The molecule has 0 saturated carbocycles. The van der Waals surface area contributed by atoms with Crippen LogP contribution in [0.2, 0.25) is 4.34 Å². The van der Waals surface area contributed by atoms with Gasteiger partial charge >= 0.3 is 0 Å². The maximum Gasteiger partial charge on any atom is 0.261 e. The summed E-state index contributed by atoms with van der Waals surface area (Å²) >= 11 is 7.25. The summed E-state index contributed by atoms with van der Waals surface area (Å²) in [6.07, 6.45) is 2.83. The second kappa shape index (κ2) is 9.70. The van der Waals surface area contributed by atoms with Gasteiger partial charge in [-0.25, -0.2) is 9.97 Å². The molecule has 3 aromatic rings. The summed E-state index contributed by atoms with van der Waals surface area (Å²) in [5.74, 6) is 0.745. The van der Waals surface area contributed by atoms with Crippen LogP contribution in [0.1, 0.15) is 25.3 Å². The number of ether oxygens (including phenoxy) is 1. The Balaban J connectivity index is 1.44. The third-order valence-electron chi connectivity index (χ3n) is 5.48. The molecule has 1 aliphatic heterocycles. The Labute approximate surface area is 194 Å². The smallest absolute Gasteiger partial charge is 0.261 e. The van der Waals surface area contributed by atoms with Gasteiger partial charge in [-0.3, -0.25) is 9.59 Å². The van der Waals surface area contributed by atoms with Crippen LogP contribution in [0.5, 0.6) is 5.75 Å². The number of nitrogen functional groups attached to an aromatic ring is 1. The van der Waals surface area contributed by atoms with Crippen molar-refractivity contribution in [1.82, 2.24) is 19.8 Å². The summed E-state index contributed by atoms with van der Waals surface area (Å²) in [5.41, 5.74) is 7.60. The number of hydrogen-bond acceptors (Lipinski definition) is 7. The lowest BCUT2D eigenvalue weighted by Gasteiger charge is -2.40. The molecule has 0 radical (unpaired) electrons. The van der Waals surface area contributed by atoms with E-state index in [1.165, 1.54) is 17.7 Å². The van der Waals surface area contributed by atoms with Crippen LogP contribution in [0.4, 0.5) is 5.82 Å². The number of anilines is 1. The maximum atomic E-state index is 13.3. The standard InChI is InChI=1S/C22H24ClN5O3S/c1-2-3-18-22(30)27(10-14-4-5-16-17(8-14)25-13-26-21(16)24)6-7-28(18)20(29)11-31-15-9-19(23)32-12-15/h4-5,8-9,12-13,18H,2-3,6-7,10-11H2,1H3,(H2,24,25,26)/t18-/m0/s1. The number of hydrogen-bond donors (Lipinski definition) is 1. The van der Waals surface area contributed by atoms with Gasteiger partial charge in [0.1, 0.15) is 23.9 Å². The van der Waals surface area contributed by atoms with Crippen molar-refractivity contribution in [2.24, 2.45) is 0 Å². The summed E-state index contributed by atoms with van der Waals surface area (Å²) in [5, 5.41) is 2.54. The van der Waals surface area contributed by atoms with Crippen LogP contribution >= 0.6 is 22.9 Å². The Morgan fingerprint density at radius 1 is 1.31 bits per heavy atom. The fraction of sp³-hybridized carbons (Fsp3) is 0.364. The molecule has 1 saturated heterocycles. The number of amides is 2. The molecule has 3 heterocycles. The molecule has 168 valence electrons. The zero-order chi connectivity index (χ0) is 22.7. The van der Waals surface area contributed by atoms with Crippen molar-refractivity contribution in [2.45, 2.75) is 32.4 Å². The topological polar surface area (TPSA) is 102 Å². The number of aromatic nitrogens is 2. The average molecular weight is 474 g/mol. The molecule has 0 unspecified atom stereocenters. The van der Waals surface area contributed by atoms with Gasteiger partial charge in [-0.2, -0.15) is 0 Å². The highest BCUT2D eigenvalue weighted by Crippen LogP contribution is 2.26. The molecule has 8 nitrogen and oxygen atoms in total. The number of thiophene rings is 1. The van der Waals surface area contributed by atoms with E-state index in [2.05, 4.69) is 9.97 Å². The zero-order valence-corrected chi connectivity index (χ0v) is 19.2. The molecule has 1 atom stereocenters. The molecule has 1 fully saturated rings. The molecule has 10 heteroatoms. The van der Waals surface area contributed by atoms with E-state index in [0.29, 0.717) is 42.0 Å². The first-order valence-corrected chi connectivity index (χ1v) is 11.7. The Kier molecular flexibility index (Phi) is 6.76. The van der Waals surface area contributed by atoms with E-state index in [1.54, 1.807) is 21.2 Å². The fourth-order valence-electron chi connectivity index (χ4n) is 3.89. The number of carbonyl (C=O) groups is 2. The highest BCUT2D eigenvalue weighted by molar-refractivity contribution is 7.14. The van der Waals surface area contributed by atoms with Gasteiger partial charge in [0.05, 0.1) is 9.85 Å². The molecule has 0 bridgehead atoms. The van der Waals surface area contributed by atoms with Gasteiger partial charge in [-0.05, 0) is 24.1 Å². The van der Waals surface area contributed by atoms with Crippen LogP contribution in [0.15, 0.2) is 36.0 Å². The van der Waals surface area contributed by atoms with Gasteiger partial charge in [-0.1, -0.05) is 31.0 Å². The number of rotatable bonds is 7. The predicted molar refractivity (Wildman–Crippen MR) is 125 cm³/mol. The van der Waals surface area contributed by atoms with Gasteiger partial charge in [0, 0.05) is 36.5 Å². The van der Waals surface area contributed by atoms with Gasteiger partial charge in [0.25, 0.3) is 5.91 Å². The minimum absolute atomic E-state index is 0.0488. The Bertz CT molecular complexity index is 1140. The predicted octanol–water partition coefficient (Wildman–Crippen LogP) is 3.35. The molecule has 2 aromatic heterocycles.